The zero-order chi connectivity index (χ0) is 14.8. The van der Waals surface area contributed by atoms with Crippen LogP contribution in [0, 0.1) is 9.39 Å². The third kappa shape index (κ3) is 2.87. The van der Waals surface area contributed by atoms with Crippen LogP contribution in [0.4, 0.5) is 10.1 Å². The monoisotopic (exact) mass is 392 g/mol. The van der Waals surface area contributed by atoms with Crippen molar-refractivity contribution in [3.8, 4) is 0 Å². The molecule has 0 aliphatic rings. The van der Waals surface area contributed by atoms with Crippen molar-refractivity contribution >= 4 is 45.1 Å². The molecule has 3 rings (SSSR count). The van der Waals surface area contributed by atoms with E-state index in [4.69, 9.17) is 0 Å². The summed E-state index contributed by atoms with van der Waals surface area (Å²) in [5, 5.41) is 3.80. The van der Waals surface area contributed by atoms with Gasteiger partial charge in [0.2, 0.25) is 0 Å². The van der Waals surface area contributed by atoms with Gasteiger partial charge in [0.15, 0.2) is 0 Å². The van der Waals surface area contributed by atoms with E-state index in [0.717, 1.165) is 14.5 Å². The Balaban J connectivity index is 1.97. The minimum atomic E-state index is -0.368. The molecule has 2 aromatic carbocycles. The Morgan fingerprint density at radius 1 is 1.10 bits per heavy atom. The first-order chi connectivity index (χ1) is 10.1. The third-order valence-electron chi connectivity index (χ3n) is 3.07. The van der Waals surface area contributed by atoms with Gasteiger partial charge in [0, 0.05) is 20.7 Å². The lowest BCUT2D eigenvalue weighted by molar-refractivity contribution is 0.102. The molecule has 0 fully saturated rings. The summed E-state index contributed by atoms with van der Waals surface area (Å²) in [7, 11) is 0. The van der Waals surface area contributed by atoms with Gasteiger partial charge in [-0.15, -0.1) is 0 Å². The molecule has 1 aromatic heterocycles. The van der Waals surface area contributed by atoms with Gasteiger partial charge in [-0.2, -0.15) is 0 Å². The summed E-state index contributed by atoms with van der Waals surface area (Å²) in [6, 6.07) is 13.0. The molecule has 0 saturated carbocycles. The fourth-order valence-electron chi connectivity index (χ4n) is 2.03. The van der Waals surface area contributed by atoms with Gasteiger partial charge in [-0.05, 0) is 65.1 Å². The summed E-state index contributed by atoms with van der Waals surface area (Å²) in [6.07, 6.45) is 1.69. The molecule has 1 heterocycles. The lowest BCUT2D eigenvalue weighted by Gasteiger charge is -2.09. The van der Waals surface area contributed by atoms with Gasteiger partial charge in [-0.25, -0.2) is 4.39 Å². The van der Waals surface area contributed by atoms with E-state index in [1.54, 1.807) is 6.20 Å². The maximum absolute atomic E-state index is 12.9. The molecule has 21 heavy (non-hydrogen) atoms. The Morgan fingerprint density at radius 2 is 1.86 bits per heavy atom. The van der Waals surface area contributed by atoms with Gasteiger partial charge in [0.1, 0.15) is 5.82 Å². The summed E-state index contributed by atoms with van der Waals surface area (Å²) >= 11 is 2.23. The van der Waals surface area contributed by atoms with Crippen LogP contribution >= 0.6 is 22.6 Å². The number of rotatable bonds is 2. The molecule has 0 radical (unpaired) electrons. The maximum Gasteiger partial charge on any atom is 0.255 e. The van der Waals surface area contributed by atoms with Crippen LogP contribution in [0.25, 0.3) is 10.9 Å². The molecule has 0 aliphatic heterocycles. The van der Waals surface area contributed by atoms with Crippen molar-refractivity contribution in [2.45, 2.75) is 0 Å². The van der Waals surface area contributed by atoms with Crippen LogP contribution in [0.5, 0.6) is 0 Å². The lowest BCUT2D eigenvalue weighted by atomic mass is 10.1. The highest BCUT2D eigenvalue weighted by atomic mass is 127. The van der Waals surface area contributed by atoms with E-state index in [1.807, 2.05) is 24.3 Å². The van der Waals surface area contributed by atoms with Gasteiger partial charge >= 0.3 is 0 Å². The van der Waals surface area contributed by atoms with Gasteiger partial charge in [-0.3, -0.25) is 9.78 Å². The Labute approximate surface area is 134 Å². The van der Waals surface area contributed by atoms with E-state index < -0.39 is 0 Å². The van der Waals surface area contributed by atoms with Crippen molar-refractivity contribution in [2.75, 3.05) is 5.32 Å². The standard InChI is InChI=1S/C16H10FIN2O/c17-11-5-3-10(4-6-11)16(21)20-14-8-7-13(18)12-2-1-9-19-15(12)14/h1-9H,(H,20,21). The zero-order valence-corrected chi connectivity index (χ0v) is 13.0. The van der Waals surface area contributed by atoms with Crippen LogP contribution in [-0.2, 0) is 0 Å². The number of nitrogens with one attached hydrogen (secondary N) is 1. The zero-order valence-electron chi connectivity index (χ0n) is 10.8. The second-order valence-corrected chi connectivity index (χ2v) is 5.62. The van der Waals surface area contributed by atoms with E-state index in [0.29, 0.717) is 11.3 Å². The molecule has 0 aliphatic carbocycles. The van der Waals surface area contributed by atoms with E-state index in [1.165, 1.54) is 24.3 Å². The van der Waals surface area contributed by atoms with Crippen molar-refractivity contribution in [3.63, 3.8) is 0 Å². The molecule has 5 heteroatoms. The van der Waals surface area contributed by atoms with Crippen molar-refractivity contribution in [2.24, 2.45) is 0 Å². The molecular formula is C16H10FIN2O. The number of carbonyl (C=O) groups excluding carboxylic acids is 1. The second kappa shape index (κ2) is 5.77. The number of aromatic nitrogens is 1. The first-order valence-electron chi connectivity index (χ1n) is 6.25. The van der Waals surface area contributed by atoms with Gasteiger partial charge in [0.25, 0.3) is 5.91 Å². The van der Waals surface area contributed by atoms with Crippen molar-refractivity contribution < 1.29 is 9.18 Å². The Morgan fingerprint density at radius 3 is 2.62 bits per heavy atom. The van der Waals surface area contributed by atoms with E-state index in [-0.39, 0.29) is 11.7 Å². The van der Waals surface area contributed by atoms with Gasteiger partial charge < -0.3 is 5.32 Å². The van der Waals surface area contributed by atoms with Crippen LogP contribution in [-0.4, -0.2) is 10.9 Å². The number of benzene rings is 2. The SMILES string of the molecule is O=C(Nc1ccc(I)c2cccnc12)c1ccc(F)cc1. The highest BCUT2D eigenvalue weighted by Crippen LogP contribution is 2.26. The largest absolute Gasteiger partial charge is 0.320 e. The first kappa shape index (κ1) is 13.9. The minimum absolute atomic E-state index is 0.289. The molecule has 3 nitrogen and oxygen atoms in total. The molecule has 0 saturated heterocycles. The number of hydrogen-bond donors (Lipinski definition) is 1. The summed E-state index contributed by atoms with van der Waals surface area (Å²) in [5.74, 6) is -0.656. The van der Waals surface area contributed by atoms with Crippen LogP contribution < -0.4 is 5.32 Å². The number of halogens is 2. The summed E-state index contributed by atoms with van der Waals surface area (Å²) < 4.78 is 14.0. The van der Waals surface area contributed by atoms with Crippen LogP contribution in [0.1, 0.15) is 10.4 Å². The number of nitrogens with zero attached hydrogens (tertiary/aromatic N) is 1. The van der Waals surface area contributed by atoms with E-state index >= 15 is 0 Å². The van der Waals surface area contributed by atoms with Crippen LogP contribution in [0.2, 0.25) is 0 Å². The Kier molecular flexibility index (Phi) is 3.83. The molecule has 0 atom stereocenters. The molecule has 1 N–H and O–H groups in total. The average molecular weight is 392 g/mol. The minimum Gasteiger partial charge on any atom is -0.320 e. The van der Waals surface area contributed by atoms with Gasteiger partial charge in [0.05, 0.1) is 11.2 Å². The fourth-order valence-corrected chi connectivity index (χ4v) is 2.65. The number of amides is 1. The predicted octanol–water partition coefficient (Wildman–Crippen LogP) is 4.23. The predicted molar refractivity (Wildman–Crippen MR) is 88.8 cm³/mol. The number of hydrogen-bond acceptors (Lipinski definition) is 2. The summed E-state index contributed by atoms with van der Waals surface area (Å²) in [5.41, 5.74) is 1.78. The average Bonchev–Trinajstić information content (AvgIpc) is 2.51. The highest BCUT2D eigenvalue weighted by Gasteiger charge is 2.10. The number of anilines is 1. The smallest absolute Gasteiger partial charge is 0.255 e. The van der Waals surface area contributed by atoms with Crippen molar-refractivity contribution in [3.05, 3.63) is 69.7 Å². The van der Waals surface area contributed by atoms with Crippen molar-refractivity contribution in [1.82, 2.24) is 4.98 Å². The third-order valence-corrected chi connectivity index (χ3v) is 4.01. The first-order valence-corrected chi connectivity index (χ1v) is 7.33. The van der Waals surface area contributed by atoms with Crippen LogP contribution in [0.15, 0.2) is 54.7 Å². The Hall–Kier alpha value is -2.02. The Bertz CT molecular complexity index is 818. The molecule has 0 bridgehead atoms. The molecule has 3 aromatic rings. The topological polar surface area (TPSA) is 42.0 Å². The number of carbonyl (C=O) groups is 1. The summed E-state index contributed by atoms with van der Waals surface area (Å²) in [4.78, 5) is 16.5. The van der Waals surface area contributed by atoms with Crippen molar-refractivity contribution in [1.29, 1.82) is 0 Å². The van der Waals surface area contributed by atoms with Gasteiger partial charge in [-0.1, -0.05) is 6.07 Å². The molecule has 0 unspecified atom stereocenters. The lowest BCUT2D eigenvalue weighted by Crippen LogP contribution is -2.12. The second-order valence-electron chi connectivity index (χ2n) is 4.46. The summed E-state index contributed by atoms with van der Waals surface area (Å²) in [6.45, 7) is 0. The molecule has 104 valence electrons. The fraction of sp³-hybridized carbons (Fsp3) is 0. The number of pyridine rings is 1. The molecule has 0 spiro atoms. The molecule has 1 amide bonds. The van der Waals surface area contributed by atoms with E-state index in [2.05, 4.69) is 32.9 Å². The van der Waals surface area contributed by atoms with Crippen LogP contribution in [0.3, 0.4) is 0 Å². The maximum atomic E-state index is 12.9. The number of fused-ring (bicyclic) bond motifs is 1. The quantitative estimate of drug-likeness (QED) is 0.664. The normalized spacial score (nSPS) is 10.6. The molecular weight excluding hydrogens is 382 g/mol. The van der Waals surface area contributed by atoms with E-state index in [9.17, 15) is 9.18 Å². The highest BCUT2D eigenvalue weighted by molar-refractivity contribution is 14.1.